The van der Waals surface area contributed by atoms with Gasteiger partial charge in [-0.05, 0) is 38.0 Å². The number of nitrogens with zero attached hydrogens (tertiary/aromatic N) is 1. The van der Waals surface area contributed by atoms with Crippen LogP contribution in [0.4, 0.5) is 5.69 Å². The molecule has 0 spiro atoms. The molecule has 1 aromatic heterocycles. The summed E-state index contributed by atoms with van der Waals surface area (Å²) in [4.78, 5) is 11.9. The minimum atomic E-state index is -0.0481. The molecule has 0 aliphatic rings. The number of hydrogen-bond acceptors (Lipinski definition) is 2. The van der Waals surface area contributed by atoms with Crippen LogP contribution in [0, 0.1) is 13.8 Å². The van der Waals surface area contributed by atoms with Gasteiger partial charge in [0, 0.05) is 12.1 Å². The maximum atomic E-state index is 11.9. The minimum absolute atomic E-state index is 0.0481. The first-order valence-electron chi connectivity index (χ1n) is 6.12. The van der Waals surface area contributed by atoms with Gasteiger partial charge in [-0.2, -0.15) is 5.10 Å². The number of nitrogens with one attached hydrogen (secondary N) is 2. The highest BCUT2D eigenvalue weighted by Crippen LogP contribution is 2.21. The molecule has 0 saturated heterocycles. The molecule has 1 amide bonds. The standard InChI is InChI=1S/C14H16ClN3O/c1-9-11(10(2)18-17-9)7-8-14(19)16-13-6-4-3-5-12(13)15/h3-6H,7-8H2,1-2H3,(H,16,19)(H,17,18). The molecule has 0 unspecified atom stereocenters. The van der Waals surface area contributed by atoms with Gasteiger partial charge in [0.2, 0.25) is 5.91 Å². The molecule has 2 N–H and O–H groups in total. The summed E-state index contributed by atoms with van der Waals surface area (Å²) in [6, 6.07) is 7.21. The Morgan fingerprint density at radius 1 is 1.37 bits per heavy atom. The summed E-state index contributed by atoms with van der Waals surface area (Å²) in [5, 5.41) is 10.4. The topological polar surface area (TPSA) is 57.8 Å². The summed E-state index contributed by atoms with van der Waals surface area (Å²) in [5.74, 6) is -0.0481. The number of halogens is 1. The average molecular weight is 278 g/mol. The lowest BCUT2D eigenvalue weighted by Crippen LogP contribution is -2.13. The summed E-state index contributed by atoms with van der Waals surface area (Å²) in [6.07, 6.45) is 1.08. The molecular weight excluding hydrogens is 262 g/mol. The first-order valence-corrected chi connectivity index (χ1v) is 6.50. The van der Waals surface area contributed by atoms with Crippen LogP contribution in [0.25, 0.3) is 0 Å². The summed E-state index contributed by atoms with van der Waals surface area (Å²) < 4.78 is 0. The van der Waals surface area contributed by atoms with Crippen molar-refractivity contribution in [2.24, 2.45) is 0 Å². The van der Waals surface area contributed by atoms with Gasteiger partial charge in [-0.1, -0.05) is 23.7 Å². The Morgan fingerprint density at radius 3 is 2.74 bits per heavy atom. The van der Waals surface area contributed by atoms with Gasteiger partial charge >= 0.3 is 0 Å². The van der Waals surface area contributed by atoms with E-state index in [1.165, 1.54) is 0 Å². The smallest absolute Gasteiger partial charge is 0.224 e. The number of hydrogen-bond donors (Lipinski definition) is 2. The Balaban J connectivity index is 1.94. The molecule has 0 fully saturated rings. The molecule has 0 atom stereocenters. The number of H-pyrrole nitrogens is 1. The highest BCUT2D eigenvalue weighted by molar-refractivity contribution is 6.33. The molecule has 5 heteroatoms. The maximum Gasteiger partial charge on any atom is 0.224 e. The average Bonchev–Trinajstić information content (AvgIpc) is 2.70. The van der Waals surface area contributed by atoms with E-state index in [-0.39, 0.29) is 5.91 Å². The Hall–Kier alpha value is -1.81. The lowest BCUT2D eigenvalue weighted by Gasteiger charge is -2.07. The van der Waals surface area contributed by atoms with Gasteiger partial charge in [0.05, 0.1) is 16.4 Å². The highest BCUT2D eigenvalue weighted by atomic mass is 35.5. The number of aryl methyl sites for hydroxylation is 2. The summed E-state index contributed by atoms with van der Waals surface area (Å²) in [5.41, 5.74) is 3.72. The Kier molecular flexibility index (Phi) is 4.22. The SMILES string of the molecule is Cc1n[nH]c(C)c1CCC(=O)Nc1ccccc1Cl. The quantitative estimate of drug-likeness (QED) is 0.901. The molecule has 0 aliphatic carbocycles. The first-order chi connectivity index (χ1) is 9.08. The van der Waals surface area contributed by atoms with Crippen LogP contribution in [-0.4, -0.2) is 16.1 Å². The van der Waals surface area contributed by atoms with Crippen LogP contribution in [0.2, 0.25) is 5.02 Å². The van der Waals surface area contributed by atoms with Crippen molar-refractivity contribution in [3.05, 3.63) is 46.2 Å². The zero-order valence-corrected chi connectivity index (χ0v) is 11.7. The molecule has 100 valence electrons. The van der Waals surface area contributed by atoms with Crippen molar-refractivity contribution in [1.29, 1.82) is 0 Å². The van der Waals surface area contributed by atoms with E-state index in [0.717, 1.165) is 17.0 Å². The Bertz CT molecular complexity index is 573. The van der Waals surface area contributed by atoms with E-state index < -0.39 is 0 Å². The van der Waals surface area contributed by atoms with Gasteiger partial charge in [-0.25, -0.2) is 0 Å². The number of rotatable bonds is 4. The predicted molar refractivity (Wildman–Crippen MR) is 76.5 cm³/mol. The van der Waals surface area contributed by atoms with Crippen LogP contribution in [-0.2, 0) is 11.2 Å². The summed E-state index contributed by atoms with van der Waals surface area (Å²) >= 11 is 5.99. The Morgan fingerprint density at radius 2 is 2.11 bits per heavy atom. The molecule has 0 saturated carbocycles. The number of para-hydroxylation sites is 1. The fourth-order valence-corrected chi connectivity index (χ4v) is 2.14. The molecule has 2 rings (SSSR count). The maximum absolute atomic E-state index is 11.9. The second-order valence-electron chi connectivity index (χ2n) is 4.44. The van der Waals surface area contributed by atoms with E-state index in [4.69, 9.17) is 11.6 Å². The molecule has 0 aliphatic heterocycles. The lowest BCUT2D eigenvalue weighted by atomic mass is 10.1. The van der Waals surface area contributed by atoms with Crippen molar-refractivity contribution >= 4 is 23.2 Å². The number of benzene rings is 1. The molecule has 1 heterocycles. The number of aromatic nitrogens is 2. The van der Waals surface area contributed by atoms with Crippen molar-refractivity contribution in [3.8, 4) is 0 Å². The van der Waals surface area contributed by atoms with Crippen molar-refractivity contribution in [2.75, 3.05) is 5.32 Å². The van der Waals surface area contributed by atoms with E-state index in [0.29, 0.717) is 23.6 Å². The lowest BCUT2D eigenvalue weighted by molar-refractivity contribution is -0.116. The number of anilines is 1. The third-order valence-corrected chi connectivity index (χ3v) is 3.36. The van der Waals surface area contributed by atoms with Crippen LogP contribution in [0.1, 0.15) is 23.4 Å². The predicted octanol–water partition coefficient (Wildman–Crippen LogP) is 3.25. The van der Waals surface area contributed by atoms with Gasteiger partial charge in [0.1, 0.15) is 0 Å². The van der Waals surface area contributed by atoms with Crippen LogP contribution < -0.4 is 5.32 Å². The molecule has 1 aromatic carbocycles. The van der Waals surface area contributed by atoms with Crippen molar-refractivity contribution in [1.82, 2.24) is 10.2 Å². The second kappa shape index (κ2) is 5.89. The van der Waals surface area contributed by atoms with E-state index in [2.05, 4.69) is 15.5 Å². The molecule has 2 aromatic rings. The monoisotopic (exact) mass is 277 g/mol. The first kappa shape index (κ1) is 13.6. The zero-order valence-electron chi connectivity index (χ0n) is 11.0. The Labute approximate surface area is 117 Å². The molecular formula is C14H16ClN3O. The fraction of sp³-hybridized carbons (Fsp3) is 0.286. The summed E-state index contributed by atoms with van der Waals surface area (Å²) in [6.45, 7) is 3.89. The summed E-state index contributed by atoms with van der Waals surface area (Å²) in [7, 11) is 0. The zero-order chi connectivity index (χ0) is 13.8. The number of amides is 1. The van der Waals surface area contributed by atoms with Crippen molar-refractivity contribution in [3.63, 3.8) is 0 Å². The van der Waals surface area contributed by atoms with Crippen LogP contribution >= 0.6 is 11.6 Å². The van der Waals surface area contributed by atoms with E-state index in [1.807, 2.05) is 26.0 Å². The minimum Gasteiger partial charge on any atom is -0.325 e. The third kappa shape index (κ3) is 3.35. The van der Waals surface area contributed by atoms with Gasteiger partial charge in [-0.3, -0.25) is 9.89 Å². The van der Waals surface area contributed by atoms with Crippen LogP contribution in [0.5, 0.6) is 0 Å². The normalized spacial score (nSPS) is 10.5. The molecule has 19 heavy (non-hydrogen) atoms. The van der Waals surface area contributed by atoms with Crippen LogP contribution in [0.15, 0.2) is 24.3 Å². The van der Waals surface area contributed by atoms with Gasteiger partial charge in [0.15, 0.2) is 0 Å². The second-order valence-corrected chi connectivity index (χ2v) is 4.85. The van der Waals surface area contributed by atoms with Gasteiger partial charge in [0.25, 0.3) is 0 Å². The van der Waals surface area contributed by atoms with E-state index in [9.17, 15) is 4.79 Å². The highest BCUT2D eigenvalue weighted by Gasteiger charge is 2.10. The van der Waals surface area contributed by atoms with Crippen molar-refractivity contribution in [2.45, 2.75) is 26.7 Å². The van der Waals surface area contributed by atoms with E-state index >= 15 is 0 Å². The molecule has 0 radical (unpaired) electrons. The molecule has 4 nitrogen and oxygen atoms in total. The number of aromatic amines is 1. The largest absolute Gasteiger partial charge is 0.325 e. The van der Waals surface area contributed by atoms with Crippen LogP contribution in [0.3, 0.4) is 0 Å². The third-order valence-electron chi connectivity index (χ3n) is 3.03. The van der Waals surface area contributed by atoms with Crippen molar-refractivity contribution < 1.29 is 4.79 Å². The fourth-order valence-electron chi connectivity index (χ4n) is 1.96. The van der Waals surface area contributed by atoms with Gasteiger partial charge < -0.3 is 5.32 Å². The molecule has 0 bridgehead atoms. The number of carbonyl (C=O) groups excluding carboxylic acids is 1. The van der Waals surface area contributed by atoms with E-state index in [1.54, 1.807) is 12.1 Å². The van der Waals surface area contributed by atoms with Gasteiger partial charge in [-0.15, -0.1) is 0 Å². The number of carbonyl (C=O) groups is 1.